The number of nitrogens with zero attached hydrogens (tertiary/aromatic N) is 2. The number of rotatable bonds is 6. The average molecular weight is 293 g/mol. The summed E-state index contributed by atoms with van der Waals surface area (Å²) in [6.45, 7) is 5.17. The van der Waals surface area contributed by atoms with E-state index >= 15 is 0 Å². The fourth-order valence-corrected chi connectivity index (χ4v) is 3.00. The van der Waals surface area contributed by atoms with Crippen LogP contribution in [-0.2, 0) is 0 Å². The molecule has 1 rings (SSSR count). The normalized spacial score (nSPS) is 11.0. The Labute approximate surface area is 103 Å². The van der Waals surface area contributed by atoms with Gasteiger partial charge in [0.05, 0.1) is 6.61 Å². The van der Waals surface area contributed by atoms with E-state index in [-0.39, 0.29) is 6.61 Å². The van der Waals surface area contributed by atoms with Gasteiger partial charge in [0.15, 0.2) is 5.13 Å². The third kappa shape index (κ3) is 3.43. The third-order valence-corrected chi connectivity index (χ3v) is 4.02. The summed E-state index contributed by atoms with van der Waals surface area (Å²) in [6.07, 6.45) is 2.15. The van der Waals surface area contributed by atoms with E-state index < -0.39 is 0 Å². The Morgan fingerprint density at radius 1 is 1.53 bits per heavy atom. The van der Waals surface area contributed by atoms with Crippen LogP contribution < -0.4 is 4.90 Å². The fraction of sp³-hybridized carbons (Fsp3) is 0.700. The van der Waals surface area contributed by atoms with Gasteiger partial charge in [-0.2, -0.15) is 0 Å². The van der Waals surface area contributed by atoms with Crippen LogP contribution in [0, 0.1) is 0 Å². The molecule has 0 spiro atoms. The minimum Gasteiger partial charge on any atom is -0.395 e. The lowest BCUT2D eigenvalue weighted by Crippen LogP contribution is -2.36. The number of halogens is 1. The van der Waals surface area contributed by atoms with Crippen LogP contribution in [0.4, 0.5) is 5.13 Å². The second-order valence-electron chi connectivity index (χ2n) is 3.34. The Balaban J connectivity index is 2.81. The van der Waals surface area contributed by atoms with E-state index in [4.69, 9.17) is 5.11 Å². The molecular formula is C10H17BrN2OS. The van der Waals surface area contributed by atoms with Gasteiger partial charge in [0.1, 0.15) is 4.60 Å². The van der Waals surface area contributed by atoms with Crippen LogP contribution in [0.15, 0.2) is 9.98 Å². The zero-order chi connectivity index (χ0) is 11.3. The second-order valence-corrected chi connectivity index (χ2v) is 4.99. The number of hydrogen-bond donors (Lipinski definition) is 1. The summed E-state index contributed by atoms with van der Waals surface area (Å²) in [4.78, 5) is 6.59. The Morgan fingerprint density at radius 2 is 2.20 bits per heavy atom. The first-order valence-electron chi connectivity index (χ1n) is 5.21. The average Bonchev–Trinajstić information content (AvgIpc) is 2.65. The molecule has 0 aliphatic rings. The molecule has 0 atom stereocenters. The van der Waals surface area contributed by atoms with Crippen LogP contribution in [-0.4, -0.2) is 29.3 Å². The molecule has 0 saturated heterocycles. The number of aromatic nitrogens is 1. The van der Waals surface area contributed by atoms with Gasteiger partial charge in [-0.15, -0.1) is 11.3 Å². The molecule has 0 aliphatic heterocycles. The maximum atomic E-state index is 9.07. The molecule has 0 aliphatic carbocycles. The zero-order valence-electron chi connectivity index (χ0n) is 9.11. The van der Waals surface area contributed by atoms with E-state index in [1.165, 1.54) is 0 Å². The van der Waals surface area contributed by atoms with Crippen LogP contribution in [0.1, 0.15) is 26.7 Å². The van der Waals surface area contributed by atoms with E-state index in [0.717, 1.165) is 22.6 Å². The lowest BCUT2D eigenvalue weighted by Gasteiger charge is -2.29. The van der Waals surface area contributed by atoms with E-state index in [9.17, 15) is 0 Å². The van der Waals surface area contributed by atoms with Crippen LogP contribution >= 0.6 is 27.3 Å². The molecule has 15 heavy (non-hydrogen) atoms. The molecule has 0 saturated carbocycles. The smallest absolute Gasteiger partial charge is 0.186 e. The van der Waals surface area contributed by atoms with E-state index in [1.807, 2.05) is 5.38 Å². The van der Waals surface area contributed by atoms with E-state index in [1.54, 1.807) is 11.3 Å². The monoisotopic (exact) mass is 292 g/mol. The van der Waals surface area contributed by atoms with Crippen molar-refractivity contribution in [2.24, 2.45) is 0 Å². The summed E-state index contributed by atoms with van der Waals surface area (Å²) in [5.74, 6) is 0. The molecule has 1 N–H and O–H groups in total. The van der Waals surface area contributed by atoms with Crippen molar-refractivity contribution in [3.63, 3.8) is 0 Å². The maximum absolute atomic E-state index is 9.07. The molecule has 3 nitrogen and oxygen atoms in total. The van der Waals surface area contributed by atoms with Crippen molar-refractivity contribution in [3.8, 4) is 0 Å². The van der Waals surface area contributed by atoms with Gasteiger partial charge in [0.25, 0.3) is 0 Å². The molecule has 5 heteroatoms. The Bertz CT molecular complexity index is 289. The lowest BCUT2D eigenvalue weighted by atomic mass is 10.1. The quantitative estimate of drug-likeness (QED) is 0.876. The third-order valence-electron chi connectivity index (χ3n) is 2.43. The van der Waals surface area contributed by atoms with Gasteiger partial charge in [-0.3, -0.25) is 0 Å². The Morgan fingerprint density at radius 3 is 2.60 bits per heavy atom. The number of hydrogen-bond acceptors (Lipinski definition) is 4. The number of thiazole rings is 1. The Kier molecular flexibility index (Phi) is 5.56. The van der Waals surface area contributed by atoms with Crippen molar-refractivity contribution < 1.29 is 5.11 Å². The maximum Gasteiger partial charge on any atom is 0.186 e. The number of anilines is 1. The summed E-state index contributed by atoms with van der Waals surface area (Å²) < 4.78 is 0.872. The van der Waals surface area contributed by atoms with E-state index in [2.05, 4.69) is 39.7 Å². The molecule has 86 valence electrons. The summed E-state index contributed by atoms with van der Waals surface area (Å²) in [5, 5.41) is 12.0. The van der Waals surface area contributed by atoms with Gasteiger partial charge >= 0.3 is 0 Å². The van der Waals surface area contributed by atoms with E-state index in [0.29, 0.717) is 12.6 Å². The topological polar surface area (TPSA) is 36.4 Å². The first-order chi connectivity index (χ1) is 7.22. The highest BCUT2D eigenvalue weighted by molar-refractivity contribution is 9.10. The first kappa shape index (κ1) is 12.9. The predicted molar refractivity (Wildman–Crippen MR) is 68.6 cm³/mol. The molecule has 1 aromatic rings. The SMILES string of the molecule is CCC(CC)N(CCO)c1nc(Br)cs1. The van der Waals surface area contributed by atoms with Gasteiger partial charge in [-0.1, -0.05) is 13.8 Å². The second kappa shape index (κ2) is 6.45. The van der Waals surface area contributed by atoms with Crippen LogP contribution in [0.2, 0.25) is 0 Å². The zero-order valence-corrected chi connectivity index (χ0v) is 11.5. The highest BCUT2D eigenvalue weighted by Gasteiger charge is 2.17. The number of aliphatic hydroxyl groups excluding tert-OH is 1. The minimum atomic E-state index is 0.174. The summed E-state index contributed by atoms with van der Waals surface area (Å²) >= 11 is 4.97. The van der Waals surface area contributed by atoms with Crippen molar-refractivity contribution in [1.82, 2.24) is 4.98 Å². The van der Waals surface area contributed by atoms with Crippen LogP contribution in [0.5, 0.6) is 0 Å². The molecular weight excluding hydrogens is 276 g/mol. The Hall–Kier alpha value is -0.130. The molecule has 0 bridgehead atoms. The van der Waals surface area contributed by atoms with Crippen molar-refractivity contribution in [2.45, 2.75) is 32.7 Å². The van der Waals surface area contributed by atoms with Gasteiger partial charge in [0, 0.05) is 18.0 Å². The summed E-state index contributed by atoms with van der Waals surface area (Å²) in [6, 6.07) is 0.468. The molecule has 0 fully saturated rings. The molecule has 0 aromatic carbocycles. The van der Waals surface area contributed by atoms with Gasteiger partial charge in [-0.25, -0.2) is 4.98 Å². The van der Waals surface area contributed by atoms with Gasteiger partial charge in [-0.05, 0) is 28.8 Å². The number of aliphatic hydroxyl groups is 1. The summed E-state index contributed by atoms with van der Waals surface area (Å²) in [7, 11) is 0. The highest BCUT2D eigenvalue weighted by Crippen LogP contribution is 2.26. The fourth-order valence-electron chi connectivity index (χ4n) is 1.65. The van der Waals surface area contributed by atoms with Crippen molar-refractivity contribution in [1.29, 1.82) is 0 Å². The van der Waals surface area contributed by atoms with Gasteiger partial charge in [0.2, 0.25) is 0 Å². The molecule has 1 heterocycles. The van der Waals surface area contributed by atoms with Crippen molar-refractivity contribution in [2.75, 3.05) is 18.1 Å². The summed E-state index contributed by atoms with van der Waals surface area (Å²) in [5.41, 5.74) is 0. The van der Waals surface area contributed by atoms with Crippen molar-refractivity contribution >= 4 is 32.4 Å². The molecule has 1 aromatic heterocycles. The van der Waals surface area contributed by atoms with Crippen LogP contribution in [0.25, 0.3) is 0 Å². The first-order valence-corrected chi connectivity index (χ1v) is 6.88. The van der Waals surface area contributed by atoms with Crippen LogP contribution in [0.3, 0.4) is 0 Å². The molecule has 0 unspecified atom stereocenters. The largest absolute Gasteiger partial charge is 0.395 e. The van der Waals surface area contributed by atoms with Crippen molar-refractivity contribution in [3.05, 3.63) is 9.98 Å². The standard InChI is InChI=1S/C10H17BrN2OS/c1-3-8(4-2)13(5-6-14)10-12-9(11)7-15-10/h7-8,14H,3-6H2,1-2H3. The minimum absolute atomic E-state index is 0.174. The predicted octanol–water partition coefficient (Wildman–Crippen LogP) is 2.89. The lowest BCUT2D eigenvalue weighted by molar-refractivity contribution is 0.296. The van der Waals surface area contributed by atoms with Gasteiger partial charge < -0.3 is 10.0 Å². The highest BCUT2D eigenvalue weighted by atomic mass is 79.9. The molecule has 0 radical (unpaired) electrons. The molecule has 0 amide bonds.